The lowest BCUT2D eigenvalue weighted by atomic mass is 10.2. The van der Waals surface area contributed by atoms with Gasteiger partial charge in [0.25, 0.3) is 11.9 Å². The van der Waals surface area contributed by atoms with Crippen LogP contribution in [0.25, 0.3) is 0 Å². The van der Waals surface area contributed by atoms with Crippen LogP contribution in [0.15, 0.2) is 24.3 Å². The second-order valence-electron chi connectivity index (χ2n) is 3.57. The molecule has 0 saturated heterocycles. The summed E-state index contributed by atoms with van der Waals surface area (Å²) in [6, 6.07) is 7.61. The molecule has 1 heterocycles. The van der Waals surface area contributed by atoms with Crippen molar-refractivity contribution in [3.63, 3.8) is 0 Å². The van der Waals surface area contributed by atoms with Crippen LogP contribution < -0.4 is 10.1 Å². The highest BCUT2D eigenvalue weighted by atomic mass is 16.5. The van der Waals surface area contributed by atoms with Gasteiger partial charge in [-0.2, -0.15) is 5.21 Å². The number of aromatic nitrogens is 4. The fourth-order valence-corrected chi connectivity index (χ4v) is 1.38. The number of ether oxygens (including phenoxy) is 1. The fraction of sp³-hybridized carbons (Fsp3) is 0.273. The van der Waals surface area contributed by atoms with Crippen molar-refractivity contribution in [1.82, 2.24) is 20.6 Å². The molecule has 2 rings (SSSR count). The number of aromatic amines is 1. The largest absolute Gasteiger partial charge is 0.484 e. The molecule has 0 fully saturated rings. The van der Waals surface area contributed by atoms with E-state index in [1.165, 1.54) is 0 Å². The van der Waals surface area contributed by atoms with Crippen molar-refractivity contribution >= 4 is 11.9 Å². The molecule has 0 radical (unpaired) electrons. The van der Waals surface area contributed by atoms with Gasteiger partial charge in [0.1, 0.15) is 5.75 Å². The molecule has 7 nitrogen and oxygen atoms in total. The molecule has 18 heavy (non-hydrogen) atoms. The number of anilines is 1. The first-order valence-electron chi connectivity index (χ1n) is 5.53. The molecule has 0 saturated carbocycles. The third kappa shape index (κ3) is 3.27. The minimum absolute atomic E-state index is 0.0955. The number of nitrogens with one attached hydrogen (secondary N) is 2. The van der Waals surface area contributed by atoms with Crippen molar-refractivity contribution in [2.75, 3.05) is 11.9 Å². The molecule has 1 aromatic carbocycles. The Morgan fingerprint density at radius 3 is 3.11 bits per heavy atom. The molecule has 1 amide bonds. The maximum atomic E-state index is 11.5. The quantitative estimate of drug-likeness (QED) is 0.814. The molecule has 0 aliphatic rings. The molecule has 2 aromatic rings. The number of carbonyl (C=O) groups excluding carboxylic acids is 1. The summed E-state index contributed by atoms with van der Waals surface area (Å²) in [5.74, 6) is 0.460. The molecule has 0 unspecified atom stereocenters. The van der Waals surface area contributed by atoms with E-state index < -0.39 is 0 Å². The summed E-state index contributed by atoms with van der Waals surface area (Å²) in [4.78, 5) is 11.5. The monoisotopic (exact) mass is 247 g/mol. The summed E-state index contributed by atoms with van der Waals surface area (Å²) in [5, 5.41) is 15.2. The minimum atomic E-state index is -0.335. The molecule has 2 N–H and O–H groups in total. The van der Waals surface area contributed by atoms with Crippen LogP contribution >= 0.6 is 0 Å². The van der Waals surface area contributed by atoms with Crippen LogP contribution in [0.5, 0.6) is 5.75 Å². The van der Waals surface area contributed by atoms with Crippen LogP contribution in [0.3, 0.4) is 0 Å². The molecule has 0 atom stereocenters. The number of H-pyrrole nitrogens is 1. The van der Waals surface area contributed by atoms with Crippen molar-refractivity contribution < 1.29 is 9.53 Å². The maximum absolute atomic E-state index is 11.5. The minimum Gasteiger partial charge on any atom is -0.484 e. The number of tetrazole rings is 1. The van der Waals surface area contributed by atoms with Gasteiger partial charge in [-0.3, -0.25) is 10.1 Å². The normalized spacial score (nSPS) is 10.1. The Balaban J connectivity index is 1.85. The number of amides is 1. The van der Waals surface area contributed by atoms with E-state index in [9.17, 15) is 4.79 Å². The van der Waals surface area contributed by atoms with Gasteiger partial charge in [-0.1, -0.05) is 24.2 Å². The van der Waals surface area contributed by atoms with Crippen LogP contribution in [0, 0.1) is 0 Å². The molecule has 94 valence electrons. The van der Waals surface area contributed by atoms with Gasteiger partial charge in [-0.05, 0) is 29.3 Å². The first-order chi connectivity index (χ1) is 8.78. The van der Waals surface area contributed by atoms with Crippen molar-refractivity contribution in [2.45, 2.75) is 13.3 Å². The Hall–Kier alpha value is -2.44. The molecule has 7 heteroatoms. The van der Waals surface area contributed by atoms with Gasteiger partial charge >= 0.3 is 0 Å². The summed E-state index contributed by atoms with van der Waals surface area (Å²) in [5.41, 5.74) is 1.16. The molecule has 0 bridgehead atoms. The second kappa shape index (κ2) is 5.76. The summed E-state index contributed by atoms with van der Waals surface area (Å²) in [6.07, 6.45) is 0.923. The van der Waals surface area contributed by atoms with E-state index in [-0.39, 0.29) is 18.5 Å². The Morgan fingerprint density at radius 1 is 1.50 bits per heavy atom. The third-order valence-corrected chi connectivity index (χ3v) is 2.27. The zero-order valence-corrected chi connectivity index (χ0v) is 9.88. The van der Waals surface area contributed by atoms with E-state index >= 15 is 0 Å². The number of aryl methyl sites for hydroxylation is 1. The highest BCUT2D eigenvalue weighted by Crippen LogP contribution is 2.13. The predicted molar refractivity (Wildman–Crippen MR) is 64.1 cm³/mol. The number of rotatable bonds is 5. The van der Waals surface area contributed by atoms with Crippen molar-refractivity contribution in [1.29, 1.82) is 0 Å². The van der Waals surface area contributed by atoms with Crippen molar-refractivity contribution in [2.24, 2.45) is 0 Å². The summed E-state index contributed by atoms with van der Waals surface area (Å²) in [6.45, 7) is 1.96. The molecular formula is C11H13N5O2. The highest BCUT2D eigenvalue weighted by molar-refractivity contribution is 5.90. The Bertz CT molecular complexity index is 512. The molecular weight excluding hydrogens is 234 g/mol. The standard InChI is InChI=1S/C11H13N5O2/c1-2-8-4-3-5-9(6-8)18-7-10(17)12-11-13-15-16-14-11/h3-6H,2,7H2,1H3,(H2,12,13,14,15,16,17). The summed E-state index contributed by atoms with van der Waals surface area (Å²) in [7, 11) is 0. The Morgan fingerprint density at radius 2 is 2.39 bits per heavy atom. The second-order valence-corrected chi connectivity index (χ2v) is 3.57. The SMILES string of the molecule is CCc1cccc(OCC(=O)Nc2nn[nH]n2)c1. The zero-order chi connectivity index (χ0) is 12.8. The Labute approximate surface area is 104 Å². The summed E-state index contributed by atoms with van der Waals surface area (Å²) < 4.78 is 5.36. The topological polar surface area (TPSA) is 92.8 Å². The predicted octanol–water partition coefficient (Wildman–Crippen LogP) is 0.780. The van der Waals surface area contributed by atoms with E-state index in [1.807, 2.05) is 18.2 Å². The van der Waals surface area contributed by atoms with Gasteiger partial charge in [0.2, 0.25) is 0 Å². The van der Waals surface area contributed by atoms with Crippen LogP contribution in [0.2, 0.25) is 0 Å². The lowest BCUT2D eigenvalue weighted by Crippen LogP contribution is -2.20. The first-order valence-corrected chi connectivity index (χ1v) is 5.53. The van der Waals surface area contributed by atoms with Crippen LogP contribution in [-0.4, -0.2) is 33.1 Å². The number of hydrogen-bond donors (Lipinski definition) is 2. The number of benzene rings is 1. The van der Waals surface area contributed by atoms with Gasteiger partial charge in [-0.25, -0.2) is 0 Å². The Kier molecular flexibility index (Phi) is 3.85. The van der Waals surface area contributed by atoms with E-state index in [0.29, 0.717) is 5.75 Å². The zero-order valence-electron chi connectivity index (χ0n) is 9.88. The van der Waals surface area contributed by atoms with E-state index in [1.54, 1.807) is 6.07 Å². The van der Waals surface area contributed by atoms with Gasteiger partial charge in [0, 0.05) is 0 Å². The van der Waals surface area contributed by atoms with Gasteiger partial charge in [0.05, 0.1) is 0 Å². The smallest absolute Gasteiger partial charge is 0.269 e. The van der Waals surface area contributed by atoms with E-state index in [4.69, 9.17) is 4.74 Å². The maximum Gasteiger partial charge on any atom is 0.269 e. The van der Waals surface area contributed by atoms with Crippen molar-refractivity contribution in [3.05, 3.63) is 29.8 Å². The average Bonchev–Trinajstić information content (AvgIpc) is 2.89. The van der Waals surface area contributed by atoms with E-state index in [0.717, 1.165) is 12.0 Å². The number of hydrogen-bond acceptors (Lipinski definition) is 5. The average molecular weight is 247 g/mol. The highest BCUT2D eigenvalue weighted by Gasteiger charge is 2.06. The molecule has 0 aliphatic heterocycles. The lowest BCUT2D eigenvalue weighted by Gasteiger charge is -2.06. The van der Waals surface area contributed by atoms with Crippen LogP contribution in [-0.2, 0) is 11.2 Å². The van der Waals surface area contributed by atoms with Gasteiger partial charge in [0.15, 0.2) is 6.61 Å². The fourth-order valence-electron chi connectivity index (χ4n) is 1.38. The number of nitrogens with zero attached hydrogens (tertiary/aromatic N) is 3. The lowest BCUT2D eigenvalue weighted by molar-refractivity contribution is -0.118. The van der Waals surface area contributed by atoms with Gasteiger partial charge in [-0.15, -0.1) is 5.10 Å². The number of carbonyl (C=O) groups is 1. The molecule has 1 aromatic heterocycles. The van der Waals surface area contributed by atoms with E-state index in [2.05, 4.69) is 32.9 Å². The molecule has 0 aliphatic carbocycles. The molecule has 0 spiro atoms. The summed E-state index contributed by atoms with van der Waals surface area (Å²) >= 11 is 0. The van der Waals surface area contributed by atoms with Crippen LogP contribution in [0.1, 0.15) is 12.5 Å². The first kappa shape index (κ1) is 12.0. The van der Waals surface area contributed by atoms with Gasteiger partial charge < -0.3 is 4.74 Å². The van der Waals surface area contributed by atoms with Crippen LogP contribution in [0.4, 0.5) is 5.95 Å². The third-order valence-electron chi connectivity index (χ3n) is 2.27. The van der Waals surface area contributed by atoms with Crippen molar-refractivity contribution in [3.8, 4) is 5.75 Å².